The molecule has 0 spiro atoms. The Bertz CT molecular complexity index is 986. The SMILES string of the molecule is O=C(N/N=C\c1cccnc1)c1nn(Cc2ccc(Br)cc2)cc1[N+](=O)[O-]. The second kappa shape index (κ2) is 8.32. The van der Waals surface area contributed by atoms with Crippen LogP contribution in [0.4, 0.5) is 5.69 Å². The predicted octanol–water partition coefficient (Wildman–Crippen LogP) is 2.76. The summed E-state index contributed by atoms with van der Waals surface area (Å²) >= 11 is 3.34. The number of halogens is 1. The third kappa shape index (κ3) is 4.82. The van der Waals surface area contributed by atoms with E-state index in [0.29, 0.717) is 12.1 Å². The van der Waals surface area contributed by atoms with Gasteiger partial charge in [-0.3, -0.25) is 24.6 Å². The minimum absolute atomic E-state index is 0.292. The van der Waals surface area contributed by atoms with Crippen molar-refractivity contribution in [2.24, 2.45) is 5.10 Å². The highest BCUT2D eigenvalue weighted by atomic mass is 79.9. The van der Waals surface area contributed by atoms with Crippen molar-refractivity contribution < 1.29 is 9.72 Å². The van der Waals surface area contributed by atoms with Crippen LogP contribution in [-0.2, 0) is 6.54 Å². The Labute approximate surface area is 162 Å². The third-order valence-corrected chi connectivity index (χ3v) is 4.00. The molecule has 1 aromatic carbocycles. The van der Waals surface area contributed by atoms with Gasteiger partial charge in [0.05, 0.1) is 17.7 Å². The van der Waals surface area contributed by atoms with E-state index in [1.165, 1.54) is 17.1 Å². The van der Waals surface area contributed by atoms with E-state index in [1.54, 1.807) is 24.5 Å². The first kappa shape index (κ1) is 18.4. The number of amides is 1. The molecule has 0 unspecified atom stereocenters. The molecule has 0 atom stereocenters. The van der Waals surface area contributed by atoms with E-state index < -0.39 is 10.8 Å². The summed E-state index contributed by atoms with van der Waals surface area (Å²) in [5, 5.41) is 19.1. The van der Waals surface area contributed by atoms with Gasteiger partial charge in [-0.15, -0.1) is 0 Å². The molecule has 0 saturated heterocycles. The lowest BCUT2D eigenvalue weighted by molar-refractivity contribution is -0.385. The standard InChI is InChI=1S/C17H13BrN6O3/c18-14-5-3-12(4-6-14)10-23-11-15(24(26)27)16(22-23)17(25)21-20-9-13-2-1-7-19-8-13/h1-9,11H,10H2,(H,21,25)/b20-9-. The number of nitrogens with zero attached hydrogens (tertiary/aromatic N) is 5. The van der Waals surface area contributed by atoms with Gasteiger partial charge in [-0.05, 0) is 23.8 Å². The summed E-state index contributed by atoms with van der Waals surface area (Å²) in [5.74, 6) is -0.767. The number of carbonyl (C=O) groups excluding carboxylic acids is 1. The number of pyridine rings is 1. The van der Waals surface area contributed by atoms with Crippen molar-refractivity contribution in [1.82, 2.24) is 20.2 Å². The molecule has 0 saturated carbocycles. The maximum absolute atomic E-state index is 12.2. The highest BCUT2D eigenvalue weighted by molar-refractivity contribution is 9.10. The molecule has 3 aromatic rings. The van der Waals surface area contributed by atoms with Crippen LogP contribution in [0.3, 0.4) is 0 Å². The molecule has 9 nitrogen and oxygen atoms in total. The monoisotopic (exact) mass is 428 g/mol. The molecule has 0 aliphatic rings. The van der Waals surface area contributed by atoms with E-state index >= 15 is 0 Å². The molecular weight excluding hydrogens is 416 g/mol. The van der Waals surface area contributed by atoms with Gasteiger partial charge in [0.2, 0.25) is 5.69 Å². The van der Waals surface area contributed by atoms with Crippen LogP contribution in [0.2, 0.25) is 0 Å². The van der Waals surface area contributed by atoms with Gasteiger partial charge in [-0.2, -0.15) is 10.2 Å². The molecule has 2 aromatic heterocycles. The summed E-state index contributed by atoms with van der Waals surface area (Å²) in [7, 11) is 0. The van der Waals surface area contributed by atoms with Gasteiger partial charge >= 0.3 is 5.69 Å². The zero-order valence-electron chi connectivity index (χ0n) is 13.8. The number of hydrazone groups is 1. The number of nitro groups is 1. The number of rotatable bonds is 6. The first-order valence-electron chi connectivity index (χ1n) is 7.72. The van der Waals surface area contributed by atoms with Crippen LogP contribution in [0.15, 0.2) is 64.6 Å². The molecule has 0 aliphatic carbocycles. The van der Waals surface area contributed by atoms with Crippen LogP contribution in [0, 0.1) is 10.1 Å². The first-order valence-corrected chi connectivity index (χ1v) is 8.52. The highest BCUT2D eigenvalue weighted by Gasteiger charge is 2.25. The zero-order chi connectivity index (χ0) is 19.2. The van der Waals surface area contributed by atoms with Gasteiger partial charge in [0, 0.05) is 22.4 Å². The molecule has 0 fully saturated rings. The third-order valence-electron chi connectivity index (χ3n) is 3.48. The number of carbonyl (C=O) groups is 1. The van der Waals surface area contributed by atoms with Crippen LogP contribution in [-0.4, -0.2) is 31.8 Å². The Morgan fingerprint density at radius 1 is 1.33 bits per heavy atom. The highest BCUT2D eigenvalue weighted by Crippen LogP contribution is 2.18. The van der Waals surface area contributed by atoms with Crippen molar-refractivity contribution in [2.45, 2.75) is 6.54 Å². The average molecular weight is 429 g/mol. The van der Waals surface area contributed by atoms with Crippen molar-refractivity contribution in [3.8, 4) is 0 Å². The van der Waals surface area contributed by atoms with E-state index in [9.17, 15) is 14.9 Å². The Balaban J connectivity index is 1.76. The summed E-state index contributed by atoms with van der Waals surface area (Å²) in [6, 6.07) is 10.9. The van der Waals surface area contributed by atoms with Crippen molar-refractivity contribution in [1.29, 1.82) is 0 Å². The molecule has 0 bridgehead atoms. The van der Waals surface area contributed by atoms with E-state index in [2.05, 4.69) is 36.5 Å². The lowest BCUT2D eigenvalue weighted by Crippen LogP contribution is -2.19. The van der Waals surface area contributed by atoms with Crippen LogP contribution < -0.4 is 5.43 Å². The first-order chi connectivity index (χ1) is 13.0. The topological polar surface area (TPSA) is 115 Å². The van der Waals surface area contributed by atoms with Gasteiger partial charge in [0.1, 0.15) is 6.20 Å². The maximum atomic E-state index is 12.2. The molecule has 0 aliphatic heterocycles. The van der Waals surface area contributed by atoms with E-state index in [1.807, 2.05) is 24.3 Å². The number of aromatic nitrogens is 3. The van der Waals surface area contributed by atoms with Crippen LogP contribution in [0.1, 0.15) is 21.6 Å². The predicted molar refractivity (Wildman–Crippen MR) is 101 cm³/mol. The summed E-state index contributed by atoms with van der Waals surface area (Å²) in [6.45, 7) is 0.292. The average Bonchev–Trinajstić information content (AvgIpc) is 3.09. The normalized spacial score (nSPS) is 10.9. The van der Waals surface area contributed by atoms with Crippen molar-refractivity contribution in [3.63, 3.8) is 0 Å². The summed E-state index contributed by atoms with van der Waals surface area (Å²) in [6.07, 6.45) is 5.78. The van der Waals surface area contributed by atoms with E-state index in [4.69, 9.17) is 0 Å². The van der Waals surface area contributed by atoms with Gasteiger partial charge in [0.15, 0.2) is 0 Å². The van der Waals surface area contributed by atoms with E-state index in [0.717, 1.165) is 10.0 Å². The molecule has 0 radical (unpaired) electrons. The quantitative estimate of drug-likeness (QED) is 0.368. The fraction of sp³-hybridized carbons (Fsp3) is 0.0588. The fourth-order valence-electron chi connectivity index (χ4n) is 2.23. The smallest absolute Gasteiger partial charge is 0.265 e. The minimum Gasteiger partial charge on any atom is -0.265 e. The molecule has 10 heteroatoms. The van der Waals surface area contributed by atoms with Crippen LogP contribution in [0.5, 0.6) is 0 Å². The number of nitrogens with one attached hydrogen (secondary N) is 1. The Hall–Kier alpha value is -3.40. The molecular formula is C17H13BrN6O3. The Morgan fingerprint density at radius 3 is 2.78 bits per heavy atom. The molecule has 1 amide bonds. The second-order valence-corrected chi connectivity index (χ2v) is 6.35. The second-order valence-electron chi connectivity index (χ2n) is 5.43. The minimum atomic E-state index is -0.767. The van der Waals surface area contributed by atoms with Crippen LogP contribution >= 0.6 is 15.9 Å². The van der Waals surface area contributed by atoms with Crippen molar-refractivity contribution >= 4 is 33.7 Å². The van der Waals surface area contributed by atoms with Gasteiger partial charge < -0.3 is 0 Å². The zero-order valence-corrected chi connectivity index (χ0v) is 15.4. The lowest BCUT2D eigenvalue weighted by atomic mass is 10.2. The largest absolute Gasteiger partial charge is 0.320 e. The van der Waals surface area contributed by atoms with Gasteiger partial charge in [0.25, 0.3) is 5.91 Å². The van der Waals surface area contributed by atoms with Crippen molar-refractivity contribution in [3.05, 3.63) is 86.4 Å². The Morgan fingerprint density at radius 2 is 2.11 bits per heavy atom. The summed E-state index contributed by atoms with van der Waals surface area (Å²) in [4.78, 5) is 26.8. The van der Waals surface area contributed by atoms with Gasteiger partial charge in [-0.1, -0.05) is 34.1 Å². The summed E-state index contributed by atoms with van der Waals surface area (Å²) < 4.78 is 2.27. The van der Waals surface area contributed by atoms with Gasteiger partial charge in [-0.25, -0.2) is 5.43 Å². The molecule has 136 valence electrons. The van der Waals surface area contributed by atoms with Crippen LogP contribution in [0.25, 0.3) is 0 Å². The molecule has 1 N–H and O–H groups in total. The lowest BCUT2D eigenvalue weighted by Gasteiger charge is -2.01. The van der Waals surface area contributed by atoms with E-state index in [-0.39, 0.29) is 11.4 Å². The van der Waals surface area contributed by atoms with Crippen molar-refractivity contribution in [2.75, 3.05) is 0 Å². The molecule has 3 rings (SSSR count). The number of hydrogen-bond acceptors (Lipinski definition) is 6. The Kier molecular flexibility index (Phi) is 5.67. The molecule has 2 heterocycles. The molecule has 27 heavy (non-hydrogen) atoms. The summed E-state index contributed by atoms with van der Waals surface area (Å²) in [5.41, 5.74) is 3.11. The fourth-order valence-corrected chi connectivity index (χ4v) is 2.50. The number of hydrogen-bond donors (Lipinski definition) is 1. The number of benzene rings is 1. The maximum Gasteiger partial charge on any atom is 0.320 e.